The minimum Gasteiger partial charge on any atom is -0.267 e. The first kappa shape index (κ1) is 8.37. The Balaban J connectivity index is 2.81. The Bertz CT molecular complexity index is 485. The zero-order valence-electron chi connectivity index (χ0n) is 7.39. The second-order valence-electron chi connectivity index (χ2n) is 3.07. The number of rotatable bonds is 1. The molecule has 0 saturated carbocycles. The van der Waals surface area contributed by atoms with E-state index in [-0.39, 0.29) is 11.6 Å². The molecular weight excluding hydrogens is 186 g/mol. The molecule has 0 aliphatic rings. The lowest BCUT2D eigenvalue weighted by Gasteiger charge is -2.05. The summed E-state index contributed by atoms with van der Waals surface area (Å²) < 4.78 is 1.40. The average Bonchev–Trinajstić information content (AvgIpc) is 2.52. The summed E-state index contributed by atoms with van der Waals surface area (Å²) in [6, 6.07) is 1.85. The fraction of sp³-hybridized carbons (Fsp3) is 0.375. The molecule has 0 saturated heterocycles. The Morgan fingerprint density at radius 1 is 1.54 bits per heavy atom. The van der Waals surface area contributed by atoms with Crippen LogP contribution in [-0.4, -0.2) is 15.0 Å². The van der Waals surface area contributed by atoms with Crippen molar-refractivity contribution in [3.63, 3.8) is 0 Å². The maximum absolute atomic E-state index is 11.7. The molecule has 2 aromatic heterocycles. The van der Waals surface area contributed by atoms with Crippen molar-refractivity contribution < 1.29 is 0 Å². The highest BCUT2D eigenvalue weighted by Gasteiger charge is 2.07. The third kappa shape index (κ3) is 1.25. The van der Waals surface area contributed by atoms with E-state index in [1.807, 2.05) is 19.2 Å². The van der Waals surface area contributed by atoms with E-state index in [0.29, 0.717) is 10.2 Å². The summed E-state index contributed by atoms with van der Waals surface area (Å²) in [7, 11) is 0. The largest absolute Gasteiger partial charge is 0.278 e. The molecule has 0 unspecified atom stereocenters. The maximum Gasteiger partial charge on any atom is 0.278 e. The number of hydrogen-bond donors (Lipinski definition) is 0. The SMILES string of the molecule is CC(C)n1nnc2sccc2c1=O. The van der Waals surface area contributed by atoms with Gasteiger partial charge in [0.25, 0.3) is 5.56 Å². The highest BCUT2D eigenvalue weighted by Crippen LogP contribution is 2.13. The Morgan fingerprint density at radius 2 is 2.31 bits per heavy atom. The monoisotopic (exact) mass is 195 g/mol. The maximum atomic E-state index is 11.7. The highest BCUT2D eigenvalue weighted by atomic mass is 32.1. The first-order valence-electron chi connectivity index (χ1n) is 4.03. The van der Waals surface area contributed by atoms with Crippen LogP contribution >= 0.6 is 11.3 Å². The minimum atomic E-state index is -0.0544. The highest BCUT2D eigenvalue weighted by molar-refractivity contribution is 7.16. The van der Waals surface area contributed by atoms with E-state index in [2.05, 4.69) is 10.3 Å². The van der Waals surface area contributed by atoms with E-state index < -0.39 is 0 Å². The van der Waals surface area contributed by atoms with Gasteiger partial charge in [-0.2, -0.15) is 0 Å². The lowest BCUT2D eigenvalue weighted by atomic mass is 10.4. The molecule has 0 aromatic carbocycles. The molecular formula is C8H9N3OS. The van der Waals surface area contributed by atoms with Crippen molar-refractivity contribution in [1.82, 2.24) is 15.0 Å². The van der Waals surface area contributed by atoms with Gasteiger partial charge in [-0.05, 0) is 25.3 Å². The van der Waals surface area contributed by atoms with Gasteiger partial charge in [-0.15, -0.1) is 16.4 Å². The van der Waals surface area contributed by atoms with Crippen molar-refractivity contribution in [2.24, 2.45) is 0 Å². The lowest BCUT2D eigenvalue weighted by Crippen LogP contribution is -2.25. The summed E-state index contributed by atoms with van der Waals surface area (Å²) in [6.45, 7) is 3.82. The van der Waals surface area contributed by atoms with Crippen LogP contribution in [0.2, 0.25) is 0 Å². The summed E-state index contributed by atoms with van der Waals surface area (Å²) in [4.78, 5) is 12.4. The molecule has 0 radical (unpaired) electrons. The first-order chi connectivity index (χ1) is 6.20. The van der Waals surface area contributed by atoms with Gasteiger partial charge in [0.05, 0.1) is 11.4 Å². The van der Waals surface area contributed by atoms with E-state index in [9.17, 15) is 4.79 Å². The molecule has 0 N–H and O–H groups in total. The van der Waals surface area contributed by atoms with Crippen LogP contribution in [0, 0.1) is 0 Å². The molecule has 0 fully saturated rings. The Hall–Kier alpha value is -1.23. The molecule has 0 atom stereocenters. The predicted molar refractivity (Wildman–Crippen MR) is 52.1 cm³/mol. The number of nitrogens with zero attached hydrogens (tertiary/aromatic N) is 3. The molecule has 0 bridgehead atoms. The zero-order valence-corrected chi connectivity index (χ0v) is 8.21. The second kappa shape index (κ2) is 2.92. The number of fused-ring (bicyclic) bond motifs is 1. The predicted octanol–water partition coefficient (Wildman–Crippen LogP) is 1.43. The van der Waals surface area contributed by atoms with Crippen molar-refractivity contribution in [2.45, 2.75) is 19.9 Å². The minimum absolute atomic E-state index is 0.0544. The van der Waals surface area contributed by atoms with Crippen LogP contribution in [0.5, 0.6) is 0 Å². The van der Waals surface area contributed by atoms with E-state index in [1.165, 1.54) is 16.0 Å². The van der Waals surface area contributed by atoms with Crippen LogP contribution in [0.3, 0.4) is 0 Å². The molecule has 4 nitrogen and oxygen atoms in total. The van der Waals surface area contributed by atoms with Gasteiger partial charge in [-0.3, -0.25) is 4.79 Å². The molecule has 2 aromatic rings. The average molecular weight is 195 g/mol. The van der Waals surface area contributed by atoms with Gasteiger partial charge in [0.2, 0.25) is 0 Å². The molecule has 0 aliphatic carbocycles. The summed E-state index contributed by atoms with van der Waals surface area (Å²) >= 11 is 1.43. The first-order valence-corrected chi connectivity index (χ1v) is 4.91. The molecule has 2 heterocycles. The number of thiophene rings is 1. The van der Waals surface area contributed by atoms with Crippen LogP contribution < -0.4 is 5.56 Å². The summed E-state index contributed by atoms with van der Waals surface area (Å²) in [5, 5.41) is 10.3. The smallest absolute Gasteiger partial charge is 0.267 e. The molecule has 0 aliphatic heterocycles. The van der Waals surface area contributed by atoms with Crippen molar-refractivity contribution >= 4 is 21.6 Å². The Labute approximate surface area is 78.8 Å². The van der Waals surface area contributed by atoms with Crippen molar-refractivity contribution in [3.05, 3.63) is 21.8 Å². The molecule has 0 amide bonds. The van der Waals surface area contributed by atoms with Crippen molar-refractivity contribution in [1.29, 1.82) is 0 Å². The lowest BCUT2D eigenvalue weighted by molar-refractivity contribution is 0.482. The molecule has 5 heteroatoms. The van der Waals surface area contributed by atoms with E-state index >= 15 is 0 Å². The normalized spacial score (nSPS) is 11.3. The zero-order chi connectivity index (χ0) is 9.42. The van der Waals surface area contributed by atoms with E-state index in [1.54, 1.807) is 6.07 Å². The van der Waals surface area contributed by atoms with Crippen LogP contribution in [-0.2, 0) is 0 Å². The number of aromatic nitrogens is 3. The molecule has 0 spiro atoms. The van der Waals surface area contributed by atoms with Crippen molar-refractivity contribution in [2.75, 3.05) is 0 Å². The van der Waals surface area contributed by atoms with E-state index in [4.69, 9.17) is 0 Å². The summed E-state index contributed by atoms with van der Waals surface area (Å²) in [6.07, 6.45) is 0. The third-order valence-electron chi connectivity index (χ3n) is 1.80. The van der Waals surface area contributed by atoms with Gasteiger partial charge in [0.15, 0.2) is 4.83 Å². The fourth-order valence-electron chi connectivity index (χ4n) is 1.13. The van der Waals surface area contributed by atoms with Crippen molar-refractivity contribution in [3.8, 4) is 0 Å². The second-order valence-corrected chi connectivity index (χ2v) is 3.97. The molecule has 13 heavy (non-hydrogen) atoms. The topological polar surface area (TPSA) is 47.8 Å². The molecule has 68 valence electrons. The van der Waals surface area contributed by atoms with Crippen LogP contribution in [0.4, 0.5) is 0 Å². The van der Waals surface area contributed by atoms with Crippen LogP contribution in [0.25, 0.3) is 10.2 Å². The third-order valence-corrected chi connectivity index (χ3v) is 2.60. The van der Waals surface area contributed by atoms with Gasteiger partial charge in [-0.25, -0.2) is 4.68 Å². The van der Waals surface area contributed by atoms with Crippen LogP contribution in [0.15, 0.2) is 16.2 Å². The Morgan fingerprint density at radius 3 is 3.00 bits per heavy atom. The van der Waals surface area contributed by atoms with Gasteiger partial charge in [0.1, 0.15) is 0 Å². The van der Waals surface area contributed by atoms with Gasteiger partial charge < -0.3 is 0 Å². The van der Waals surface area contributed by atoms with E-state index in [0.717, 1.165) is 0 Å². The quantitative estimate of drug-likeness (QED) is 0.691. The van der Waals surface area contributed by atoms with Gasteiger partial charge in [0, 0.05) is 0 Å². The summed E-state index contributed by atoms with van der Waals surface area (Å²) in [5.41, 5.74) is -0.0544. The fourth-order valence-corrected chi connectivity index (χ4v) is 1.83. The number of hydrogen-bond acceptors (Lipinski definition) is 4. The van der Waals surface area contributed by atoms with Gasteiger partial charge >= 0.3 is 0 Å². The molecule has 2 rings (SSSR count). The standard InChI is InChI=1S/C8H9N3OS/c1-5(2)11-8(12)6-3-4-13-7(6)9-10-11/h3-5H,1-2H3. The Kier molecular flexibility index (Phi) is 1.88. The van der Waals surface area contributed by atoms with Crippen LogP contribution in [0.1, 0.15) is 19.9 Å². The summed E-state index contributed by atoms with van der Waals surface area (Å²) in [5.74, 6) is 0. The van der Waals surface area contributed by atoms with Gasteiger partial charge in [-0.1, -0.05) is 5.21 Å².